The van der Waals surface area contributed by atoms with Crippen LogP contribution < -0.4 is 0 Å². The van der Waals surface area contributed by atoms with Crippen molar-refractivity contribution in [2.75, 3.05) is 13.2 Å². The monoisotopic (exact) mass is 248 g/mol. The molecule has 2 rings (SSSR count). The molecular weight excluding hydrogens is 224 g/mol. The molecule has 1 saturated carbocycles. The molecule has 1 aliphatic rings. The lowest BCUT2D eigenvalue weighted by Crippen LogP contribution is -2.27. The van der Waals surface area contributed by atoms with Gasteiger partial charge < -0.3 is 9.84 Å². The Labute approximate surface area is 110 Å². The summed E-state index contributed by atoms with van der Waals surface area (Å²) in [6, 6.07) is 10.4. The van der Waals surface area contributed by atoms with Crippen molar-refractivity contribution in [1.82, 2.24) is 0 Å². The van der Waals surface area contributed by atoms with Crippen LogP contribution in [0.4, 0.5) is 0 Å². The fraction of sp³-hybridized carbons (Fsp3) is 0.625. The summed E-state index contributed by atoms with van der Waals surface area (Å²) in [6.07, 6.45) is 4.97. The van der Waals surface area contributed by atoms with Gasteiger partial charge in [0, 0.05) is 18.6 Å². The molecule has 1 fully saturated rings. The molecule has 0 amide bonds. The summed E-state index contributed by atoms with van der Waals surface area (Å²) < 4.78 is 5.54. The number of aliphatic hydroxyl groups excluding tert-OH is 1. The lowest BCUT2D eigenvalue weighted by Gasteiger charge is -2.22. The highest BCUT2D eigenvalue weighted by Crippen LogP contribution is 2.51. The second kappa shape index (κ2) is 6.35. The highest BCUT2D eigenvalue weighted by Gasteiger charge is 2.49. The summed E-state index contributed by atoms with van der Waals surface area (Å²) in [5, 5.41) is 10.4. The van der Waals surface area contributed by atoms with Crippen LogP contribution in [-0.2, 0) is 10.2 Å². The van der Waals surface area contributed by atoms with Gasteiger partial charge in [0.1, 0.15) is 0 Å². The Morgan fingerprint density at radius 2 is 1.94 bits per heavy atom. The van der Waals surface area contributed by atoms with Gasteiger partial charge in [0.25, 0.3) is 0 Å². The lowest BCUT2D eigenvalue weighted by atomic mass is 9.88. The quantitative estimate of drug-likeness (QED) is 0.715. The molecule has 0 radical (unpaired) electrons. The van der Waals surface area contributed by atoms with Gasteiger partial charge in [-0.2, -0.15) is 0 Å². The third-order valence-corrected chi connectivity index (χ3v) is 3.95. The van der Waals surface area contributed by atoms with E-state index in [-0.39, 0.29) is 11.5 Å². The van der Waals surface area contributed by atoms with Crippen LogP contribution in [0.5, 0.6) is 0 Å². The van der Waals surface area contributed by atoms with E-state index in [1.165, 1.54) is 5.56 Å². The molecule has 1 unspecified atom stereocenters. The Balaban J connectivity index is 1.80. The topological polar surface area (TPSA) is 29.5 Å². The Bertz CT molecular complexity index is 343. The van der Waals surface area contributed by atoms with Crippen molar-refractivity contribution >= 4 is 0 Å². The van der Waals surface area contributed by atoms with Gasteiger partial charge in [0.2, 0.25) is 0 Å². The smallest absolute Gasteiger partial charge is 0.0658 e. The number of unbranched alkanes of at least 4 members (excludes halogenated alkanes) is 1. The Kier molecular flexibility index (Phi) is 4.79. The summed E-state index contributed by atoms with van der Waals surface area (Å²) in [4.78, 5) is 0. The van der Waals surface area contributed by atoms with Crippen molar-refractivity contribution in [3.63, 3.8) is 0 Å². The first-order valence-electron chi connectivity index (χ1n) is 7.11. The maximum absolute atomic E-state index is 10.4. The molecule has 0 saturated heterocycles. The summed E-state index contributed by atoms with van der Waals surface area (Å²) in [7, 11) is 0. The highest BCUT2D eigenvalue weighted by molar-refractivity contribution is 5.32. The zero-order valence-corrected chi connectivity index (χ0v) is 11.3. The fourth-order valence-electron chi connectivity index (χ4n) is 2.54. The molecule has 0 bridgehead atoms. The van der Waals surface area contributed by atoms with Crippen LogP contribution >= 0.6 is 0 Å². The first kappa shape index (κ1) is 13.6. The average molecular weight is 248 g/mol. The molecule has 2 heteroatoms. The molecule has 2 nitrogen and oxygen atoms in total. The highest BCUT2D eigenvalue weighted by atomic mass is 16.5. The Morgan fingerprint density at radius 1 is 1.22 bits per heavy atom. The SMILES string of the molecule is CCCCOCCC(O)C1(c2ccccc2)CC1. The first-order valence-corrected chi connectivity index (χ1v) is 7.11. The zero-order chi connectivity index (χ0) is 12.8. The normalized spacial score (nSPS) is 18.6. The average Bonchev–Trinajstić information content (AvgIpc) is 3.21. The number of hydrogen-bond donors (Lipinski definition) is 1. The minimum absolute atomic E-state index is 0.0232. The van der Waals surface area contributed by atoms with Crippen molar-refractivity contribution in [2.24, 2.45) is 0 Å². The Morgan fingerprint density at radius 3 is 2.56 bits per heavy atom. The molecule has 1 aromatic rings. The summed E-state index contributed by atoms with van der Waals surface area (Å²) >= 11 is 0. The Hall–Kier alpha value is -0.860. The van der Waals surface area contributed by atoms with E-state index in [0.29, 0.717) is 6.61 Å². The van der Waals surface area contributed by atoms with E-state index in [4.69, 9.17) is 4.74 Å². The van der Waals surface area contributed by atoms with Gasteiger partial charge in [0.05, 0.1) is 6.10 Å². The molecule has 0 aromatic heterocycles. The van der Waals surface area contributed by atoms with Crippen LogP contribution in [0, 0.1) is 0 Å². The lowest BCUT2D eigenvalue weighted by molar-refractivity contribution is 0.0617. The third-order valence-electron chi connectivity index (χ3n) is 3.95. The van der Waals surface area contributed by atoms with Gasteiger partial charge in [-0.1, -0.05) is 43.7 Å². The zero-order valence-electron chi connectivity index (χ0n) is 11.3. The maximum Gasteiger partial charge on any atom is 0.0658 e. The summed E-state index contributed by atoms with van der Waals surface area (Å²) in [5.74, 6) is 0. The molecule has 0 spiro atoms. The second-order valence-corrected chi connectivity index (χ2v) is 5.29. The van der Waals surface area contributed by atoms with Crippen LogP contribution in [0.1, 0.15) is 44.6 Å². The standard InChI is InChI=1S/C16H24O2/c1-2-3-12-18-13-9-15(17)16(10-11-16)14-7-5-4-6-8-14/h4-8,15,17H,2-3,9-13H2,1H3. The third kappa shape index (κ3) is 3.12. The van der Waals surface area contributed by atoms with Gasteiger partial charge in [0.15, 0.2) is 0 Å². The van der Waals surface area contributed by atoms with Crippen molar-refractivity contribution in [3.05, 3.63) is 35.9 Å². The molecule has 0 aliphatic heterocycles. The fourth-order valence-corrected chi connectivity index (χ4v) is 2.54. The van der Waals surface area contributed by atoms with Crippen LogP contribution in [0.3, 0.4) is 0 Å². The van der Waals surface area contributed by atoms with Gasteiger partial charge in [-0.25, -0.2) is 0 Å². The van der Waals surface area contributed by atoms with Crippen molar-refractivity contribution in [2.45, 2.75) is 50.5 Å². The van der Waals surface area contributed by atoms with Crippen molar-refractivity contribution < 1.29 is 9.84 Å². The van der Waals surface area contributed by atoms with E-state index in [9.17, 15) is 5.11 Å². The first-order chi connectivity index (χ1) is 8.79. The van der Waals surface area contributed by atoms with E-state index in [1.807, 2.05) is 6.07 Å². The van der Waals surface area contributed by atoms with Crippen LogP contribution in [0.2, 0.25) is 0 Å². The number of aliphatic hydroxyl groups is 1. The number of hydrogen-bond acceptors (Lipinski definition) is 2. The molecule has 0 heterocycles. The van der Waals surface area contributed by atoms with Gasteiger partial charge in [-0.3, -0.25) is 0 Å². The van der Waals surface area contributed by atoms with Gasteiger partial charge in [-0.15, -0.1) is 0 Å². The van der Waals surface area contributed by atoms with Gasteiger partial charge >= 0.3 is 0 Å². The minimum atomic E-state index is -0.262. The molecule has 1 N–H and O–H groups in total. The predicted octanol–water partition coefficient (Wildman–Crippen LogP) is 3.29. The van der Waals surface area contributed by atoms with Crippen molar-refractivity contribution in [1.29, 1.82) is 0 Å². The minimum Gasteiger partial charge on any atom is -0.392 e. The predicted molar refractivity (Wildman–Crippen MR) is 73.7 cm³/mol. The van der Waals surface area contributed by atoms with E-state index < -0.39 is 0 Å². The summed E-state index contributed by atoms with van der Waals surface area (Å²) in [6.45, 7) is 3.66. The van der Waals surface area contributed by atoms with Gasteiger partial charge in [-0.05, 0) is 31.2 Å². The van der Waals surface area contributed by atoms with Crippen LogP contribution in [0.15, 0.2) is 30.3 Å². The number of benzene rings is 1. The molecular formula is C16H24O2. The number of ether oxygens (including phenoxy) is 1. The van der Waals surface area contributed by atoms with E-state index in [2.05, 4.69) is 31.2 Å². The molecule has 18 heavy (non-hydrogen) atoms. The van der Waals surface area contributed by atoms with E-state index in [1.54, 1.807) is 0 Å². The van der Waals surface area contributed by atoms with E-state index in [0.717, 1.165) is 38.7 Å². The maximum atomic E-state index is 10.4. The summed E-state index contributed by atoms with van der Waals surface area (Å²) in [5.41, 5.74) is 1.31. The molecule has 1 aliphatic carbocycles. The second-order valence-electron chi connectivity index (χ2n) is 5.29. The van der Waals surface area contributed by atoms with Crippen LogP contribution in [-0.4, -0.2) is 24.4 Å². The largest absolute Gasteiger partial charge is 0.392 e. The molecule has 1 atom stereocenters. The van der Waals surface area contributed by atoms with Crippen molar-refractivity contribution in [3.8, 4) is 0 Å². The van der Waals surface area contributed by atoms with E-state index >= 15 is 0 Å². The number of rotatable bonds is 8. The molecule has 100 valence electrons. The van der Waals surface area contributed by atoms with Crippen LogP contribution in [0.25, 0.3) is 0 Å². The molecule has 1 aromatic carbocycles.